The number of nitrogen functional groups attached to an aromatic ring is 1. The van der Waals surface area contributed by atoms with E-state index in [4.69, 9.17) is 5.73 Å². The fourth-order valence-corrected chi connectivity index (χ4v) is 2.78. The van der Waals surface area contributed by atoms with Crippen molar-refractivity contribution in [2.75, 3.05) is 24.6 Å². The average Bonchev–Trinajstić information content (AvgIpc) is 2.74. The second-order valence-electron chi connectivity index (χ2n) is 3.75. The van der Waals surface area contributed by atoms with Gasteiger partial charge in [0.05, 0.1) is 5.75 Å². The first-order valence-electron chi connectivity index (χ1n) is 5.34. The number of urea groups is 1. The Hall–Kier alpha value is -1.21. The molecule has 3 N–H and O–H groups in total. The first-order chi connectivity index (χ1) is 8.58. The molecule has 0 spiro atoms. The molecule has 0 saturated carbocycles. The molecule has 1 saturated heterocycles. The van der Waals surface area contributed by atoms with Crippen LogP contribution in [0.3, 0.4) is 0 Å². The van der Waals surface area contributed by atoms with Crippen molar-refractivity contribution in [3.63, 3.8) is 0 Å². The van der Waals surface area contributed by atoms with Crippen LogP contribution in [0, 0.1) is 0 Å². The summed E-state index contributed by atoms with van der Waals surface area (Å²) in [6.07, 6.45) is 0. The molecule has 0 aromatic heterocycles. The first kappa shape index (κ1) is 13.2. The molecular formula is C11H12BrN3O2S. The van der Waals surface area contributed by atoms with Crippen LogP contribution < -0.4 is 11.1 Å². The standard InChI is InChI=1S/C11H12BrN3O2S/c12-7-1-2-9(8(13)5-7)18-6-10(16)15-4-3-14-11(15)17/h1-2,5H,3-4,6,13H2,(H,14,17). The van der Waals surface area contributed by atoms with Gasteiger partial charge < -0.3 is 11.1 Å². The lowest BCUT2D eigenvalue weighted by atomic mass is 10.3. The van der Waals surface area contributed by atoms with E-state index in [-0.39, 0.29) is 17.7 Å². The molecule has 1 aromatic carbocycles. The SMILES string of the molecule is Nc1cc(Br)ccc1SCC(=O)N1CCNC1=O. The average molecular weight is 330 g/mol. The molecule has 18 heavy (non-hydrogen) atoms. The number of nitrogens with two attached hydrogens (primary N) is 1. The van der Waals surface area contributed by atoms with E-state index in [0.29, 0.717) is 18.8 Å². The van der Waals surface area contributed by atoms with Crippen LogP contribution in [0.25, 0.3) is 0 Å². The maximum absolute atomic E-state index is 11.8. The summed E-state index contributed by atoms with van der Waals surface area (Å²) in [5, 5.41) is 2.59. The fourth-order valence-electron chi connectivity index (χ4n) is 1.58. The third-order valence-electron chi connectivity index (χ3n) is 2.48. The minimum absolute atomic E-state index is 0.197. The van der Waals surface area contributed by atoms with Crippen LogP contribution in [0.15, 0.2) is 27.6 Å². The highest BCUT2D eigenvalue weighted by atomic mass is 79.9. The maximum atomic E-state index is 11.8. The molecule has 0 radical (unpaired) electrons. The van der Waals surface area contributed by atoms with Crippen molar-refractivity contribution >= 4 is 45.3 Å². The van der Waals surface area contributed by atoms with E-state index in [1.165, 1.54) is 16.7 Å². The van der Waals surface area contributed by atoms with Gasteiger partial charge in [0.15, 0.2) is 0 Å². The number of anilines is 1. The molecule has 2 rings (SSSR count). The molecule has 1 aliphatic rings. The van der Waals surface area contributed by atoms with Gasteiger partial charge in [-0.1, -0.05) is 15.9 Å². The molecule has 1 aromatic rings. The first-order valence-corrected chi connectivity index (χ1v) is 7.12. The summed E-state index contributed by atoms with van der Waals surface area (Å²) in [5.41, 5.74) is 6.45. The molecule has 0 bridgehead atoms. The van der Waals surface area contributed by atoms with Crippen LogP contribution in [-0.2, 0) is 4.79 Å². The number of hydrogen-bond acceptors (Lipinski definition) is 4. The van der Waals surface area contributed by atoms with Crippen molar-refractivity contribution in [2.24, 2.45) is 0 Å². The van der Waals surface area contributed by atoms with E-state index < -0.39 is 0 Å². The zero-order valence-corrected chi connectivity index (χ0v) is 11.9. The van der Waals surface area contributed by atoms with Crippen molar-refractivity contribution in [3.8, 4) is 0 Å². The Morgan fingerprint density at radius 1 is 1.56 bits per heavy atom. The molecular weight excluding hydrogens is 318 g/mol. The third-order valence-corrected chi connectivity index (χ3v) is 4.05. The van der Waals surface area contributed by atoms with Gasteiger partial charge in [-0.15, -0.1) is 11.8 Å². The van der Waals surface area contributed by atoms with Crippen LogP contribution in [0.4, 0.5) is 10.5 Å². The van der Waals surface area contributed by atoms with E-state index in [0.717, 1.165) is 9.37 Å². The second kappa shape index (κ2) is 5.62. The number of amides is 3. The van der Waals surface area contributed by atoms with Crippen LogP contribution in [0.1, 0.15) is 0 Å². The van der Waals surface area contributed by atoms with E-state index in [9.17, 15) is 9.59 Å². The summed E-state index contributed by atoms with van der Waals surface area (Å²) in [6.45, 7) is 0.962. The van der Waals surface area contributed by atoms with Gasteiger partial charge in [0.2, 0.25) is 5.91 Å². The summed E-state index contributed by atoms with van der Waals surface area (Å²) >= 11 is 4.66. The molecule has 1 heterocycles. The van der Waals surface area contributed by atoms with Crippen LogP contribution in [-0.4, -0.2) is 35.7 Å². The molecule has 1 aliphatic heterocycles. The molecule has 0 unspecified atom stereocenters. The summed E-state index contributed by atoms with van der Waals surface area (Å²) in [7, 11) is 0. The molecule has 0 aliphatic carbocycles. The van der Waals surface area contributed by atoms with Crippen molar-refractivity contribution in [1.82, 2.24) is 10.2 Å². The lowest BCUT2D eigenvalue weighted by molar-refractivity contribution is -0.124. The van der Waals surface area contributed by atoms with Crippen molar-refractivity contribution in [3.05, 3.63) is 22.7 Å². The highest BCUT2D eigenvalue weighted by Gasteiger charge is 2.25. The monoisotopic (exact) mass is 329 g/mol. The smallest absolute Gasteiger partial charge is 0.324 e. The third kappa shape index (κ3) is 2.97. The zero-order valence-electron chi connectivity index (χ0n) is 9.48. The lowest BCUT2D eigenvalue weighted by Crippen LogP contribution is -2.35. The van der Waals surface area contributed by atoms with Crippen LogP contribution in [0.2, 0.25) is 0 Å². The summed E-state index contributed by atoms with van der Waals surface area (Å²) in [4.78, 5) is 25.2. The number of nitrogens with one attached hydrogen (secondary N) is 1. The van der Waals surface area contributed by atoms with Gasteiger partial charge in [-0.05, 0) is 18.2 Å². The molecule has 0 atom stereocenters. The normalized spacial score (nSPS) is 14.7. The Morgan fingerprint density at radius 2 is 2.33 bits per heavy atom. The number of halogens is 1. The Kier molecular flexibility index (Phi) is 4.13. The zero-order chi connectivity index (χ0) is 13.1. The van der Waals surface area contributed by atoms with E-state index in [1.807, 2.05) is 12.1 Å². The maximum Gasteiger partial charge on any atom is 0.324 e. The van der Waals surface area contributed by atoms with E-state index in [1.54, 1.807) is 6.07 Å². The quantitative estimate of drug-likeness (QED) is 0.653. The van der Waals surface area contributed by atoms with E-state index >= 15 is 0 Å². The fraction of sp³-hybridized carbons (Fsp3) is 0.273. The molecule has 5 nitrogen and oxygen atoms in total. The van der Waals surface area contributed by atoms with Gasteiger partial charge in [-0.3, -0.25) is 9.69 Å². The summed E-state index contributed by atoms with van der Waals surface area (Å²) < 4.78 is 0.898. The van der Waals surface area contributed by atoms with Gasteiger partial charge in [-0.25, -0.2) is 4.79 Å². The summed E-state index contributed by atoms with van der Waals surface area (Å²) in [5.74, 6) is 0.0107. The number of thioether (sulfide) groups is 1. The molecule has 96 valence electrons. The number of imide groups is 1. The molecule has 7 heteroatoms. The predicted octanol–water partition coefficient (Wildman–Crippen LogP) is 1.68. The van der Waals surface area contributed by atoms with Gasteiger partial charge in [0.25, 0.3) is 0 Å². The van der Waals surface area contributed by atoms with E-state index in [2.05, 4.69) is 21.2 Å². The number of nitrogens with zero attached hydrogens (tertiary/aromatic N) is 1. The Morgan fingerprint density at radius 3 is 2.94 bits per heavy atom. The second-order valence-corrected chi connectivity index (χ2v) is 5.68. The number of carbonyl (C=O) groups excluding carboxylic acids is 2. The van der Waals surface area contributed by atoms with Crippen molar-refractivity contribution < 1.29 is 9.59 Å². The van der Waals surface area contributed by atoms with Gasteiger partial charge in [0.1, 0.15) is 0 Å². The van der Waals surface area contributed by atoms with Crippen molar-refractivity contribution in [1.29, 1.82) is 0 Å². The molecule has 3 amide bonds. The van der Waals surface area contributed by atoms with Crippen LogP contribution >= 0.6 is 27.7 Å². The predicted molar refractivity (Wildman–Crippen MR) is 74.4 cm³/mol. The van der Waals surface area contributed by atoms with Gasteiger partial charge >= 0.3 is 6.03 Å². The lowest BCUT2D eigenvalue weighted by Gasteiger charge is -2.12. The number of rotatable bonds is 3. The minimum Gasteiger partial charge on any atom is -0.398 e. The van der Waals surface area contributed by atoms with Gasteiger partial charge in [0, 0.05) is 28.1 Å². The van der Waals surface area contributed by atoms with Crippen LogP contribution in [0.5, 0.6) is 0 Å². The highest BCUT2D eigenvalue weighted by Crippen LogP contribution is 2.28. The molecule has 1 fully saturated rings. The Balaban J connectivity index is 1.95. The highest BCUT2D eigenvalue weighted by molar-refractivity contribution is 9.10. The minimum atomic E-state index is -0.315. The number of hydrogen-bond donors (Lipinski definition) is 2. The van der Waals surface area contributed by atoms with Crippen molar-refractivity contribution in [2.45, 2.75) is 4.90 Å². The Bertz CT molecular complexity index is 495. The largest absolute Gasteiger partial charge is 0.398 e. The van der Waals surface area contributed by atoms with Gasteiger partial charge in [-0.2, -0.15) is 0 Å². The topological polar surface area (TPSA) is 75.4 Å². The number of carbonyl (C=O) groups is 2. The summed E-state index contributed by atoms with van der Waals surface area (Å²) in [6, 6.07) is 5.19. The number of benzene rings is 1. The Labute approximate surface area is 117 Å².